The van der Waals surface area contributed by atoms with Gasteiger partial charge in [-0.25, -0.2) is 22.6 Å². The summed E-state index contributed by atoms with van der Waals surface area (Å²) in [6, 6.07) is 13.9. The number of benzene rings is 2. The van der Waals surface area contributed by atoms with E-state index in [0.717, 1.165) is 30.0 Å². The lowest BCUT2D eigenvalue weighted by Crippen LogP contribution is -2.52. The number of carboxylic acid groups (broad SMARTS) is 1. The Morgan fingerprint density at radius 1 is 1.15 bits per heavy atom. The largest absolute Gasteiger partial charge is 0.478 e. The second-order valence-electron chi connectivity index (χ2n) is 8.29. The van der Waals surface area contributed by atoms with Gasteiger partial charge in [-0.2, -0.15) is 0 Å². The lowest BCUT2D eigenvalue weighted by Gasteiger charge is -2.42. The molecule has 0 saturated carbocycles. The number of aromatic nitrogens is 1. The van der Waals surface area contributed by atoms with Crippen LogP contribution in [0.5, 0.6) is 0 Å². The lowest BCUT2D eigenvalue weighted by molar-refractivity contribution is 0.0697. The molecule has 2 N–H and O–H groups in total. The molecular formula is C24H25FN4O4S. The number of hydrogen-bond acceptors (Lipinski definition) is 6. The van der Waals surface area contributed by atoms with Crippen molar-refractivity contribution in [3.63, 3.8) is 0 Å². The fraction of sp³-hybridized carbons (Fsp3) is 0.250. The molecule has 1 saturated heterocycles. The quantitative estimate of drug-likeness (QED) is 0.549. The van der Waals surface area contributed by atoms with E-state index in [1.807, 2.05) is 24.0 Å². The highest BCUT2D eigenvalue weighted by Gasteiger charge is 2.28. The fourth-order valence-electron chi connectivity index (χ4n) is 4.09. The molecule has 10 heteroatoms. The third-order valence-electron chi connectivity index (χ3n) is 5.73. The second kappa shape index (κ2) is 9.30. The van der Waals surface area contributed by atoms with Gasteiger partial charge in [-0.3, -0.25) is 4.72 Å². The molecule has 1 atom stereocenters. The number of nitrogens with one attached hydrogen (secondary N) is 1. The molecular weight excluding hydrogens is 459 g/mol. The Morgan fingerprint density at radius 2 is 1.88 bits per heavy atom. The summed E-state index contributed by atoms with van der Waals surface area (Å²) in [6.07, 6.45) is 1.29. The number of aromatic carboxylic acids is 1. The van der Waals surface area contributed by atoms with Gasteiger partial charge in [0, 0.05) is 31.4 Å². The highest BCUT2D eigenvalue weighted by atomic mass is 32.2. The Labute approximate surface area is 197 Å². The molecule has 0 aliphatic carbocycles. The number of aryl methyl sites for hydroxylation is 1. The van der Waals surface area contributed by atoms with Crippen LogP contribution in [-0.4, -0.2) is 50.2 Å². The monoisotopic (exact) mass is 484 g/mol. The normalized spacial score (nSPS) is 16.4. The summed E-state index contributed by atoms with van der Waals surface area (Å²) >= 11 is 0. The first-order chi connectivity index (χ1) is 16.1. The number of pyridine rings is 1. The molecule has 1 aliphatic rings. The topological polar surface area (TPSA) is 103 Å². The summed E-state index contributed by atoms with van der Waals surface area (Å²) in [6.45, 7) is 5.91. The molecule has 0 spiro atoms. The van der Waals surface area contributed by atoms with Crippen LogP contribution in [0.15, 0.2) is 65.7 Å². The Bertz CT molecular complexity index is 1310. The van der Waals surface area contributed by atoms with Crippen molar-refractivity contribution in [2.24, 2.45) is 0 Å². The molecule has 0 bridgehead atoms. The SMILES string of the molecule is Cc1cccc(N2CCN(c3ncc(NS(=O)(=O)c4ccc(F)cc4)cc3C(=O)O)CC2C)c1. The van der Waals surface area contributed by atoms with Gasteiger partial charge in [0.1, 0.15) is 17.2 Å². The van der Waals surface area contributed by atoms with Crippen LogP contribution in [-0.2, 0) is 10.0 Å². The minimum absolute atomic E-state index is 0.0110. The fourth-order valence-corrected chi connectivity index (χ4v) is 5.12. The highest BCUT2D eigenvalue weighted by molar-refractivity contribution is 7.92. The first-order valence-electron chi connectivity index (χ1n) is 10.7. The van der Waals surface area contributed by atoms with E-state index in [4.69, 9.17) is 0 Å². The zero-order valence-corrected chi connectivity index (χ0v) is 19.6. The van der Waals surface area contributed by atoms with Crippen molar-refractivity contribution in [3.8, 4) is 0 Å². The third kappa shape index (κ3) is 4.96. The molecule has 8 nitrogen and oxygen atoms in total. The number of halogens is 1. The summed E-state index contributed by atoms with van der Waals surface area (Å²) in [7, 11) is -4.03. The van der Waals surface area contributed by atoms with E-state index in [2.05, 4.69) is 33.7 Å². The van der Waals surface area contributed by atoms with Gasteiger partial charge < -0.3 is 14.9 Å². The van der Waals surface area contributed by atoms with Crippen molar-refractivity contribution >= 4 is 33.2 Å². The first kappa shape index (κ1) is 23.5. The summed E-state index contributed by atoms with van der Waals surface area (Å²) in [4.78, 5) is 20.3. The number of piperazine rings is 1. The molecule has 1 aliphatic heterocycles. The van der Waals surface area contributed by atoms with E-state index in [9.17, 15) is 22.7 Å². The Morgan fingerprint density at radius 3 is 2.53 bits per heavy atom. The van der Waals surface area contributed by atoms with Crippen molar-refractivity contribution in [2.45, 2.75) is 24.8 Å². The zero-order valence-electron chi connectivity index (χ0n) is 18.8. The van der Waals surface area contributed by atoms with E-state index < -0.39 is 21.8 Å². The molecule has 34 heavy (non-hydrogen) atoms. The summed E-state index contributed by atoms with van der Waals surface area (Å²) < 4.78 is 40.6. The van der Waals surface area contributed by atoms with Gasteiger partial charge in [-0.15, -0.1) is 0 Å². The van der Waals surface area contributed by atoms with Crippen LogP contribution in [0.1, 0.15) is 22.8 Å². The number of anilines is 3. The maximum absolute atomic E-state index is 13.1. The van der Waals surface area contributed by atoms with E-state index in [1.165, 1.54) is 17.8 Å². The Kier molecular flexibility index (Phi) is 6.43. The molecule has 1 aromatic heterocycles. The van der Waals surface area contributed by atoms with Gasteiger partial charge in [0.25, 0.3) is 10.0 Å². The van der Waals surface area contributed by atoms with Gasteiger partial charge >= 0.3 is 5.97 Å². The summed E-state index contributed by atoms with van der Waals surface area (Å²) in [5.41, 5.74) is 2.19. The lowest BCUT2D eigenvalue weighted by atomic mass is 10.1. The van der Waals surface area contributed by atoms with Gasteiger partial charge in [-0.05, 0) is 61.9 Å². The van der Waals surface area contributed by atoms with Gasteiger partial charge in [0.05, 0.1) is 16.8 Å². The first-order valence-corrected chi connectivity index (χ1v) is 12.2. The third-order valence-corrected chi connectivity index (χ3v) is 7.13. The molecule has 2 heterocycles. The smallest absolute Gasteiger partial charge is 0.339 e. The Hall–Kier alpha value is -3.66. The van der Waals surface area contributed by atoms with Crippen LogP contribution >= 0.6 is 0 Å². The molecule has 4 rings (SSSR count). The van der Waals surface area contributed by atoms with Crippen molar-refractivity contribution in [1.29, 1.82) is 0 Å². The van der Waals surface area contributed by atoms with E-state index in [-0.39, 0.29) is 28.0 Å². The summed E-state index contributed by atoms with van der Waals surface area (Å²) in [5.74, 6) is -1.48. The minimum Gasteiger partial charge on any atom is -0.478 e. The van der Waals surface area contributed by atoms with E-state index >= 15 is 0 Å². The van der Waals surface area contributed by atoms with Crippen LogP contribution in [0.2, 0.25) is 0 Å². The number of carbonyl (C=O) groups is 1. The average Bonchev–Trinajstić information content (AvgIpc) is 2.79. The minimum atomic E-state index is -4.03. The number of nitrogens with zero attached hydrogens (tertiary/aromatic N) is 3. The maximum atomic E-state index is 13.1. The van der Waals surface area contributed by atoms with Gasteiger partial charge in [0.15, 0.2) is 0 Å². The second-order valence-corrected chi connectivity index (χ2v) is 9.97. The zero-order chi connectivity index (χ0) is 24.5. The number of carboxylic acids is 1. The molecule has 1 unspecified atom stereocenters. The van der Waals surface area contributed by atoms with Gasteiger partial charge in [-0.1, -0.05) is 12.1 Å². The van der Waals surface area contributed by atoms with Gasteiger partial charge in [0.2, 0.25) is 0 Å². The average molecular weight is 485 g/mol. The molecule has 0 amide bonds. The predicted octanol–water partition coefficient (Wildman–Crippen LogP) is 3.74. The maximum Gasteiger partial charge on any atom is 0.339 e. The molecule has 178 valence electrons. The van der Waals surface area contributed by atoms with E-state index in [0.29, 0.717) is 19.6 Å². The molecule has 0 radical (unpaired) electrons. The highest BCUT2D eigenvalue weighted by Crippen LogP contribution is 2.28. The molecule has 3 aromatic rings. The van der Waals surface area contributed by atoms with Crippen molar-refractivity contribution in [3.05, 3.63) is 77.7 Å². The van der Waals surface area contributed by atoms with Crippen LogP contribution in [0.4, 0.5) is 21.6 Å². The van der Waals surface area contributed by atoms with Crippen molar-refractivity contribution < 1.29 is 22.7 Å². The molecule has 2 aromatic carbocycles. The number of rotatable bonds is 6. The molecule has 1 fully saturated rings. The predicted molar refractivity (Wildman–Crippen MR) is 129 cm³/mol. The van der Waals surface area contributed by atoms with Crippen LogP contribution < -0.4 is 14.5 Å². The van der Waals surface area contributed by atoms with Crippen LogP contribution in [0.25, 0.3) is 0 Å². The van der Waals surface area contributed by atoms with Crippen molar-refractivity contribution in [2.75, 3.05) is 34.2 Å². The van der Waals surface area contributed by atoms with Crippen LogP contribution in [0, 0.1) is 12.7 Å². The van der Waals surface area contributed by atoms with Crippen LogP contribution in [0.3, 0.4) is 0 Å². The van der Waals surface area contributed by atoms with E-state index in [1.54, 1.807) is 0 Å². The Balaban J connectivity index is 1.55. The standard InChI is InChI=1S/C24H25FN4O4S/c1-16-4-3-5-20(12-16)29-11-10-28(15-17(29)2)23-22(24(30)31)13-19(14-26-23)27-34(32,33)21-8-6-18(25)7-9-21/h3-9,12-14,17,27H,10-11,15H2,1-2H3,(H,30,31). The van der Waals surface area contributed by atoms with Crippen molar-refractivity contribution in [1.82, 2.24) is 4.98 Å². The number of hydrogen-bond donors (Lipinski definition) is 2. The summed E-state index contributed by atoms with van der Waals surface area (Å²) in [5, 5.41) is 9.80. The number of sulfonamides is 1.